The van der Waals surface area contributed by atoms with Gasteiger partial charge in [-0.3, -0.25) is 9.67 Å². The predicted octanol–water partition coefficient (Wildman–Crippen LogP) is 2.58. The van der Waals surface area contributed by atoms with E-state index < -0.39 is 0 Å². The molecule has 1 aromatic heterocycles. The molecule has 0 aliphatic heterocycles. The maximum Gasteiger partial charge on any atom is 0.193 e. The van der Waals surface area contributed by atoms with Crippen LogP contribution in [-0.4, -0.2) is 46.3 Å². The Hall–Kier alpha value is -2.37. The molecule has 1 heterocycles. The normalized spacial score (nSPS) is 11.8. The molecule has 0 radical (unpaired) electrons. The number of benzene rings is 1. The largest absolute Gasteiger partial charge is 0.356 e. The second kappa shape index (κ2) is 9.20. The number of aryl methyl sites for hydroxylation is 2. The third kappa shape index (κ3) is 5.59. The topological polar surface area (TPSA) is 58.3 Å². The van der Waals surface area contributed by atoms with Crippen molar-refractivity contribution in [3.63, 3.8) is 0 Å². The molecule has 0 aliphatic rings. The first-order valence-corrected chi connectivity index (χ1v) is 8.84. The molecule has 6 nitrogen and oxygen atoms in total. The molecule has 0 bridgehead atoms. The summed E-state index contributed by atoms with van der Waals surface area (Å²) in [5.74, 6) is 2.37. The first-order valence-electron chi connectivity index (χ1n) is 8.84. The molecule has 2 aromatic rings. The molecule has 0 saturated carbocycles. The number of aliphatic imine (C=N–C) groups is 1. The first-order chi connectivity index (χ1) is 12.0. The van der Waals surface area contributed by atoms with E-state index in [0.29, 0.717) is 12.5 Å². The maximum atomic E-state index is 4.35. The quantitative estimate of drug-likeness (QED) is 0.477. The van der Waals surface area contributed by atoms with E-state index in [4.69, 9.17) is 0 Å². The van der Waals surface area contributed by atoms with Crippen molar-refractivity contribution in [1.29, 1.82) is 0 Å². The van der Waals surface area contributed by atoms with Crippen molar-refractivity contribution in [2.24, 2.45) is 12.0 Å². The number of nitrogens with zero attached hydrogens (tertiary/aromatic N) is 5. The highest BCUT2D eigenvalue weighted by molar-refractivity contribution is 5.79. The van der Waals surface area contributed by atoms with Crippen molar-refractivity contribution in [3.05, 3.63) is 47.5 Å². The van der Waals surface area contributed by atoms with Gasteiger partial charge in [-0.15, -0.1) is 0 Å². The Balaban J connectivity index is 1.76. The van der Waals surface area contributed by atoms with E-state index in [1.165, 1.54) is 11.1 Å². The van der Waals surface area contributed by atoms with Gasteiger partial charge < -0.3 is 10.2 Å². The molecule has 0 atom stereocenters. The molecule has 0 amide bonds. The fourth-order valence-electron chi connectivity index (χ4n) is 2.70. The molecule has 0 fully saturated rings. The zero-order valence-corrected chi connectivity index (χ0v) is 16.0. The summed E-state index contributed by atoms with van der Waals surface area (Å²) in [6.45, 7) is 6.01. The lowest BCUT2D eigenvalue weighted by atomic mass is 10.0. The third-order valence-corrected chi connectivity index (χ3v) is 4.33. The van der Waals surface area contributed by atoms with E-state index in [9.17, 15) is 0 Å². The van der Waals surface area contributed by atoms with Crippen molar-refractivity contribution in [2.45, 2.75) is 39.2 Å². The van der Waals surface area contributed by atoms with Crippen LogP contribution in [0.5, 0.6) is 0 Å². The fourth-order valence-corrected chi connectivity index (χ4v) is 2.70. The summed E-state index contributed by atoms with van der Waals surface area (Å²) in [4.78, 5) is 10.7. The molecule has 0 spiro atoms. The van der Waals surface area contributed by atoms with Gasteiger partial charge in [0.15, 0.2) is 5.96 Å². The molecule has 136 valence electrons. The fraction of sp³-hybridized carbons (Fsp3) is 0.526. The SMILES string of the molecule is CN=C(NCCCc1ccc(C(C)C)cc1)N(C)Cc1ncnn1C. The lowest BCUT2D eigenvalue weighted by Gasteiger charge is -2.21. The summed E-state index contributed by atoms with van der Waals surface area (Å²) in [6.07, 6.45) is 3.71. The van der Waals surface area contributed by atoms with Gasteiger partial charge in [0, 0.05) is 27.7 Å². The molecule has 6 heteroatoms. The van der Waals surface area contributed by atoms with Crippen LogP contribution < -0.4 is 5.32 Å². The van der Waals surface area contributed by atoms with E-state index in [0.717, 1.165) is 31.2 Å². The average molecular weight is 342 g/mol. The lowest BCUT2D eigenvalue weighted by Crippen LogP contribution is -2.39. The maximum absolute atomic E-state index is 4.35. The van der Waals surface area contributed by atoms with Crippen molar-refractivity contribution in [1.82, 2.24) is 25.0 Å². The van der Waals surface area contributed by atoms with E-state index in [-0.39, 0.29) is 0 Å². The van der Waals surface area contributed by atoms with E-state index >= 15 is 0 Å². The molecule has 1 N–H and O–H groups in total. The molecule has 0 unspecified atom stereocenters. The van der Waals surface area contributed by atoms with Crippen molar-refractivity contribution < 1.29 is 0 Å². The van der Waals surface area contributed by atoms with Gasteiger partial charge in [0.05, 0.1) is 6.54 Å². The van der Waals surface area contributed by atoms with E-state index in [1.807, 2.05) is 14.1 Å². The number of nitrogens with one attached hydrogen (secondary N) is 1. The third-order valence-electron chi connectivity index (χ3n) is 4.33. The molecule has 0 aliphatic carbocycles. The Morgan fingerprint density at radius 3 is 2.56 bits per heavy atom. The Labute approximate surface area is 151 Å². The van der Waals surface area contributed by atoms with Gasteiger partial charge in [0.1, 0.15) is 12.2 Å². The lowest BCUT2D eigenvalue weighted by molar-refractivity contribution is 0.448. The number of aromatic nitrogens is 3. The second-order valence-electron chi connectivity index (χ2n) is 6.63. The minimum atomic E-state index is 0.587. The summed E-state index contributed by atoms with van der Waals surface area (Å²) >= 11 is 0. The Morgan fingerprint density at radius 1 is 1.28 bits per heavy atom. The van der Waals surface area contributed by atoms with Gasteiger partial charge in [0.2, 0.25) is 0 Å². The van der Waals surface area contributed by atoms with Gasteiger partial charge >= 0.3 is 0 Å². The van der Waals surface area contributed by atoms with Crippen LogP contribution in [0.25, 0.3) is 0 Å². The zero-order valence-electron chi connectivity index (χ0n) is 16.0. The van der Waals surface area contributed by atoms with Gasteiger partial charge in [0.25, 0.3) is 0 Å². The van der Waals surface area contributed by atoms with Crippen LogP contribution in [0.3, 0.4) is 0 Å². The minimum absolute atomic E-state index is 0.587. The minimum Gasteiger partial charge on any atom is -0.356 e. The summed E-state index contributed by atoms with van der Waals surface area (Å²) < 4.78 is 1.78. The Bertz CT molecular complexity index is 671. The van der Waals surface area contributed by atoms with Crippen LogP contribution in [0.1, 0.15) is 43.1 Å². The predicted molar refractivity (Wildman–Crippen MR) is 103 cm³/mol. The van der Waals surface area contributed by atoms with Gasteiger partial charge in [-0.2, -0.15) is 5.10 Å². The summed E-state index contributed by atoms with van der Waals surface area (Å²) in [5.41, 5.74) is 2.78. The summed E-state index contributed by atoms with van der Waals surface area (Å²) in [6, 6.07) is 8.96. The average Bonchev–Trinajstić information content (AvgIpc) is 3.00. The second-order valence-corrected chi connectivity index (χ2v) is 6.63. The standard InChI is InChI=1S/C19H30N6/c1-15(2)17-10-8-16(9-11-17)7-6-12-21-19(20-3)24(4)13-18-22-14-23-25(18)5/h8-11,14-15H,6-7,12-13H2,1-5H3,(H,20,21). The molecular formula is C19H30N6. The number of rotatable bonds is 7. The van der Waals surface area contributed by atoms with Crippen LogP contribution >= 0.6 is 0 Å². The van der Waals surface area contributed by atoms with Crippen LogP contribution in [0.4, 0.5) is 0 Å². The molecule has 1 aromatic carbocycles. The monoisotopic (exact) mass is 342 g/mol. The van der Waals surface area contributed by atoms with Gasteiger partial charge in [-0.25, -0.2) is 4.98 Å². The van der Waals surface area contributed by atoms with Crippen molar-refractivity contribution in [2.75, 3.05) is 20.6 Å². The summed E-state index contributed by atoms with van der Waals surface area (Å²) in [7, 11) is 5.71. The smallest absolute Gasteiger partial charge is 0.193 e. The highest BCUT2D eigenvalue weighted by Gasteiger charge is 2.09. The van der Waals surface area contributed by atoms with Gasteiger partial charge in [-0.1, -0.05) is 38.1 Å². The number of guanidine groups is 1. The molecular weight excluding hydrogens is 312 g/mol. The summed E-state index contributed by atoms with van der Waals surface area (Å²) in [5, 5.41) is 7.52. The number of hydrogen-bond donors (Lipinski definition) is 1. The van der Waals surface area contributed by atoms with Crippen LogP contribution in [0.2, 0.25) is 0 Å². The van der Waals surface area contributed by atoms with Crippen molar-refractivity contribution in [3.8, 4) is 0 Å². The first kappa shape index (κ1) is 19.0. The van der Waals surface area contributed by atoms with Crippen LogP contribution in [0, 0.1) is 0 Å². The highest BCUT2D eigenvalue weighted by Crippen LogP contribution is 2.15. The Morgan fingerprint density at radius 2 is 2.00 bits per heavy atom. The molecule has 0 saturated heterocycles. The van der Waals surface area contributed by atoms with Crippen molar-refractivity contribution >= 4 is 5.96 Å². The number of hydrogen-bond acceptors (Lipinski definition) is 3. The highest BCUT2D eigenvalue weighted by atomic mass is 15.4. The van der Waals surface area contributed by atoms with Crippen LogP contribution in [-0.2, 0) is 20.0 Å². The Kier molecular flexibility index (Phi) is 6.98. The van der Waals surface area contributed by atoms with E-state index in [1.54, 1.807) is 18.1 Å². The van der Waals surface area contributed by atoms with Crippen LogP contribution in [0.15, 0.2) is 35.6 Å². The molecule has 25 heavy (non-hydrogen) atoms. The molecule has 2 rings (SSSR count). The zero-order chi connectivity index (χ0) is 18.2. The van der Waals surface area contributed by atoms with Gasteiger partial charge in [-0.05, 0) is 29.9 Å². The van der Waals surface area contributed by atoms with E-state index in [2.05, 4.69) is 63.4 Å².